The Morgan fingerprint density at radius 1 is 1.39 bits per heavy atom. The van der Waals surface area contributed by atoms with Crippen LogP contribution in [-0.4, -0.2) is 71.0 Å². The predicted octanol–water partition coefficient (Wildman–Crippen LogP) is -2.85. The first kappa shape index (κ1) is 17.8. The highest BCUT2D eigenvalue weighted by atomic mass is 16.6. The molecule has 10 nitrogen and oxygen atoms in total. The number of aromatic nitrogens is 2. The maximum absolute atomic E-state index is 11.7. The zero-order valence-electron chi connectivity index (χ0n) is 12.6. The summed E-state index contributed by atoms with van der Waals surface area (Å²) in [4.78, 5) is 24.9. The Hall–Kier alpha value is -1.56. The third-order valence-electron chi connectivity index (χ3n) is 3.46. The molecule has 0 amide bonds. The maximum Gasteiger partial charge on any atom is 0.330 e. The molecule has 1 fully saturated rings. The SMILES string of the molecule is COC[C@H](N)COC[C@H]1O[C@@H](n2ccc(=O)[nH]c2=O)[C@H](O)[C@@H]1O. The second-order valence-corrected chi connectivity index (χ2v) is 5.32. The number of nitrogens with zero attached hydrogens (tertiary/aromatic N) is 1. The summed E-state index contributed by atoms with van der Waals surface area (Å²) < 4.78 is 16.7. The van der Waals surface area contributed by atoms with Crippen molar-refractivity contribution in [1.82, 2.24) is 9.55 Å². The number of hydrogen-bond acceptors (Lipinski definition) is 8. The van der Waals surface area contributed by atoms with Gasteiger partial charge in [0.15, 0.2) is 6.23 Å². The van der Waals surface area contributed by atoms with E-state index in [0.717, 1.165) is 10.6 Å². The van der Waals surface area contributed by atoms with Crippen LogP contribution >= 0.6 is 0 Å². The van der Waals surface area contributed by atoms with Crippen LogP contribution in [0.15, 0.2) is 21.9 Å². The Morgan fingerprint density at radius 2 is 2.13 bits per heavy atom. The van der Waals surface area contributed by atoms with Crippen molar-refractivity contribution < 1.29 is 24.4 Å². The van der Waals surface area contributed by atoms with Gasteiger partial charge in [-0.15, -0.1) is 0 Å². The second kappa shape index (κ2) is 7.81. The number of aliphatic hydroxyl groups excluding tert-OH is 2. The Morgan fingerprint density at radius 3 is 2.78 bits per heavy atom. The molecule has 0 unspecified atom stereocenters. The minimum absolute atomic E-state index is 0.00968. The summed E-state index contributed by atoms with van der Waals surface area (Å²) in [6.07, 6.45) is -3.32. The molecule has 130 valence electrons. The van der Waals surface area contributed by atoms with Crippen LogP contribution in [0.2, 0.25) is 0 Å². The topological polar surface area (TPSA) is 149 Å². The first-order chi connectivity index (χ1) is 10.9. The normalized spacial score (nSPS) is 28.9. The van der Waals surface area contributed by atoms with Gasteiger partial charge < -0.3 is 30.2 Å². The van der Waals surface area contributed by atoms with Crippen LogP contribution in [-0.2, 0) is 14.2 Å². The summed E-state index contributed by atoms with van der Waals surface area (Å²) >= 11 is 0. The van der Waals surface area contributed by atoms with Gasteiger partial charge in [-0.1, -0.05) is 0 Å². The first-order valence-corrected chi connectivity index (χ1v) is 7.09. The van der Waals surface area contributed by atoms with Crippen molar-refractivity contribution >= 4 is 0 Å². The van der Waals surface area contributed by atoms with Crippen molar-refractivity contribution in [1.29, 1.82) is 0 Å². The number of aliphatic hydroxyl groups is 2. The van der Waals surface area contributed by atoms with Crippen molar-refractivity contribution in [3.05, 3.63) is 33.1 Å². The Labute approximate surface area is 131 Å². The van der Waals surface area contributed by atoms with Crippen molar-refractivity contribution in [2.24, 2.45) is 5.73 Å². The van der Waals surface area contributed by atoms with Crippen LogP contribution in [0.25, 0.3) is 0 Å². The molecule has 5 N–H and O–H groups in total. The molecule has 1 aromatic heterocycles. The van der Waals surface area contributed by atoms with Gasteiger partial charge in [0.1, 0.15) is 18.3 Å². The van der Waals surface area contributed by atoms with E-state index < -0.39 is 35.8 Å². The predicted molar refractivity (Wildman–Crippen MR) is 77.9 cm³/mol. The van der Waals surface area contributed by atoms with E-state index in [0.29, 0.717) is 6.61 Å². The lowest BCUT2D eigenvalue weighted by molar-refractivity contribution is -0.0709. The summed E-state index contributed by atoms with van der Waals surface area (Å²) in [5.41, 5.74) is 4.40. The zero-order chi connectivity index (χ0) is 17.0. The summed E-state index contributed by atoms with van der Waals surface area (Å²) in [5.74, 6) is 0. The fourth-order valence-corrected chi connectivity index (χ4v) is 2.32. The van der Waals surface area contributed by atoms with E-state index in [1.807, 2.05) is 0 Å². The van der Waals surface area contributed by atoms with E-state index in [1.54, 1.807) is 0 Å². The van der Waals surface area contributed by atoms with Gasteiger partial charge in [-0.3, -0.25) is 14.3 Å². The molecular formula is C13H21N3O7. The number of hydrogen-bond donors (Lipinski definition) is 4. The van der Waals surface area contributed by atoms with Gasteiger partial charge in [-0.2, -0.15) is 0 Å². The van der Waals surface area contributed by atoms with E-state index in [2.05, 4.69) is 4.98 Å². The lowest BCUT2D eigenvalue weighted by Gasteiger charge is -2.17. The number of aromatic amines is 1. The third-order valence-corrected chi connectivity index (χ3v) is 3.46. The van der Waals surface area contributed by atoms with Gasteiger partial charge in [-0.25, -0.2) is 4.79 Å². The molecule has 1 aliphatic rings. The van der Waals surface area contributed by atoms with Crippen molar-refractivity contribution in [3.8, 4) is 0 Å². The van der Waals surface area contributed by atoms with E-state index in [4.69, 9.17) is 19.9 Å². The lowest BCUT2D eigenvalue weighted by Crippen LogP contribution is -2.38. The van der Waals surface area contributed by atoms with E-state index in [1.165, 1.54) is 13.3 Å². The standard InChI is InChI=1S/C13H21N3O7/c1-21-4-7(14)5-22-6-8-10(18)11(19)12(23-8)16-3-2-9(17)15-13(16)20/h2-3,7-8,10-12,18-19H,4-6,14H2,1H3,(H,15,17,20)/t7-,8+,10+,11+,12+/m0/s1. The molecule has 2 rings (SSSR count). The van der Waals surface area contributed by atoms with Gasteiger partial charge in [0, 0.05) is 19.4 Å². The Kier molecular flexibility index (Phi) is 6.04. The molecule has 10 heteroatoms. The molecule has 0 bridgehead atoms. The average Bonchev–Trinajstić information content (AvgIpc) is 2.76. The van der Waals surface area contributed by atoms with Crippen LogP contribution in [0.4, 0.5) is 0 Å². The number of rotatable bonds is 7. The van der Waals surface area contributed by atoms with Gasteiger partial charge in [0.2, 0.25) is 0 Å². The Bertz CT molecular complexity index is 616. The Balaban J connectivity index is 1.98. The number of ether oxygens (including phenoxy) is 3. The lowest BCUT2D eigenvalue weighted by atomic mass is 10.1. The highest BCUT2D eigenvalue weighted by molar-refractivity contribution is 4.93. The minimum Gasteiger partial charge on any atom is -0.387 e. The third kappa shape index (κ3) is 4.25. The molecule has 0 saturated carbocycles. The quantitative estimate of drug-likeness (QED) is 0.417. The van der Waals surface area contributed by atoms with E-state index in [9.17, 15) is 19.8 Å². The number of nitrogens with two attached hydrogens (primary N) is 1. The molecule has 23 heavy (non-hydrogen) atoms. The van der Waals surface area contributed by atoms with E-state index >= 15 is 0 Å². The zero-order valence-corrected chi connectivity index (χ0v) is 12.6. The minimum atomic E-state index is -1.33. The molecule has 2 heterocycles. The van der Waals surface area contributed by atoms with Crippen molar-refractivity contribution in [2.45, 2.75) is 30.6 Å². The van der Waals surface area contributed by atoms with Gasteiger partial charge >= 0.3 is 5.69 Å². The number of methoxy groups -OCH3 is 1. The smallest absolute Gasteiger partial charge is 0.330 e. The second-order valence-electron chi connectivity index (χ2n) is 5.32. The molecule has 0 radical (unpaired) electrons. The van der Waals surface area contributed by atoms with Gasteiger partial charge in [0.25, 0.3) is 5.56 Å². The summed E-state index contributed by atoms with van der Waals surface area (Å²) in [5, 5.41) is 20.0. The molecular weight excluding hydrogens is 310 g/mol. The van der Waals surface area contributed by atoms with Crippen LogP contribution in [0.1, 0.15) is 6.23 Å². The first-order valence-electron chi connectivity index (χ1n) is 7.09. The number of H-pyrrole nitrogens is 1. The molecule has 0 spiro atoms. The monoisotopic (exact) mass is 331 g/mol. The van der Waals surface area contributed by atoms with E-state index in [-0.39, 0.29) is 19.3 Å². The van der Waals surface area contributed by atoms with Gasteiger partial charge in [-0.05, 0) is 0 Å². The molecule has 0 aliphatic carbocycles. The summed E-state index contributed by atoms with van der Waals surface area (Å²) in [7, 11) is 1.52. The molecule has 0 aromatic carbocycles. The highest BCUT2D eigenvalue weighted by Crippen LogP contribution is 2.28. The fraction of sp³-hybridized carbons (Fsp3) is 0.692. The summed E-state index contributed by atoms with van der Waals surface area (Å²) in [6, 6.07) is 0.804. The largest absolute Gasteiger partial charge is 0.387 e. The van der Waals surface area contributed by atoms with Crippen molar-refractivity contribution in [2.75, 3.05) is 26.9 Å². The van der Waals surface area contributed by atoms with Crippen LogP contribution in [0.3, 0.4) is 0 Å². The molecule has 1 saturated heterocycles. The molecule has 1 aliphatic heterocycles. The number of nitrogens with one attached hydrogen (secondary N) is 1. The average molecular weight is 331 g/mol. The fourth-order valence-electron chi connectivity index (χ4n) is 2.32. The summed E-state index contributed by atoms with van der Waals surface area (Å²) in [6.45, 7) is 0.510. The van der Waals surface area contributed by atoms with Crippen LogP contribution in [0.5, 0.6) is 0 Å². The van der Waals surface area contributed by atoms with Crippen molar-refractivity contribution in [3.63, 3.8) is 0 Å². The van der Waals surface area contributed by atoms with Gasteiger partial charge in [0.05, 0.1) is 25.9 Å². The highest BCUT2D eigenvalue weighted by Gasteiger charge is 2.44. The van der Waals surface area contributed by atoms with Crippen LogP contribution in [0, 0.1) is 0 Å². The van der Waals surface area contributed by atoms with Crippen LogP contribution < -0.4 is 17.0 Å². The molecule has 1 aromatic rings. The maximum atomic E-state index is 11.7. The molecule has 5 atom stereocenters.